The summed E-state index contributed by atoms with van der Waals surface area (Å²) >= 11 is 0. The van der Waals surface area contributed by atoms with E-state index >= 15 is 0 Å². The van der Waals surface area contributed by atoms with Crippen molar-refractivity contribution >= 4 is 29.0 Å². The molecule has 26 heavy (non-hydrogen) atoms. The van der Waals surface area contributed by atoms with Gasteiger partial charge >= 0.3 is 0 Å². The van der Waals surface area contributed by atoms with Gasteiger partial charge in [0.05, 0.1) is 5.69 Å². The Morgan fingerprint density at radius 2 is 1.69 bits per heavy atom. The highest BCUT2D eigenvalue weighted by Gasteiger charge is 2.56. The summed E-state index contributed by atoms with van der Waals surface area (Å²) in [4.78, 5) is 43.1. The minimum atomic E-state index is -1.03. The molecule has 6 nitrogen and oxygen atoms in total. The molecular weight excluding hydrogens is 339 g/mol. The highest BCUT2D eigenvalue weighted by Crippen LogP contribution is 2.35. The number of carbonyl (C=O) groups is 3. The van der Waals surface area contributed by atoms with Crippen molar-refractivity contribution in [3.8, 4) is 0 Å². The van der Waals surface area contributed by atoms with E-state index in [1.807, 2.05) is 0 Å². The first-order valence-electron chi connectivity index (χ1n) is 7.96. The molecule has 0 bridgehead atoms. The van der Waals surface area contributed by atoms with Crippen molar-refractivity contribution < 1.29 is 23.6 Å². The highest BCUT2D eigenvalue weighted by molar-refractivity contribution is 6.32. The Kier molecular flexibility index (Phi) is 3.64. The van der Waals surface area contributed by atoms with Gasteiger partial charge in [-0.05, 0) is 43.3 Å². The van der Waals surface area contributed by atoms with E-state index in [0.29, 0.717) is 22.5 Å². The van der Waals surface area contributed by atoms with Gasteiger partial charge in [0.15, 0.2) is 5.78 Å². The second-order valence-electron chi connectivity index (χ2n) is 6.10. The first-order valence-corrected chi connectivity index (χ1v) is 7.96. The van der Waals surface area contributed by atoms with Crippen molar-refractivity contribution in [1.29, 1.82) is 0 Å². The SMILES string of the molecule is CC(=O)c1ccc(N2C(=O)C3ON=C(c4ccc(F)cc4)C3C2=O)cc1. The molecule has 1 fully saturated rings. The molecule has 0 radical (unpaired) electrons. The van der Waals surface area contributed by atoms with Crippen molar-refractivity contribution in [2.45, 2.75) is 13.0 Å². The smallest absolute Gasteiger partial charge is 0.278 e. The summed E-state index contributed by atoms with van der Waals surface area (Å²) in [5, 5.41) is 3.87. The van der Waals surface area contributed by atoms with Crippen molar-refractivity contribution in [3.05, 3.63) is 65.5 Å². The summed E-state index contributed by atoms with van der Waals surface area (Å²) < 4.78 is 13.1. The summed E-state index contributed by atoms with van der Waals surface area (Å²) in [7, 11) is 0. The van der Waals surface area contributed by atoms with Crippen molar-refractivity contribution in [2.75, 3.05) is 4.90 Å². The number of Topliss-reactive ketones (excluding diaryl/α,β-unsaturated/α-hetero) is 1. The summed E-state index contributed by atoms with van der Waals surface area (Å²) in [6.07, 6.45) is -1.03. The minimum Gasteiger partial charge on any atom is -0.381 e. The molecule has 4 rings (SSSR count). The van der Waals surface area contributed by atoms with Gasteiger partial charge in [0.25, 0.3) is 5.91 Å². The van der Waals surface area contributed by atoms with Crippen LogP contribution in [0.2, 0.25) is 0 Å². The van der Waals surface area contributed by atoms with Crippen molar-refractivity contribution in [1.82, 2.24) is 0 Å². The Balaban J connectivity index is 1.66. The lowest BCUT2D eigenvalue weighted by molar-refractivity contribution is -0.126. The number of anilines is 1. The van der Waals surface area contributed by atoms with E-state index in [1.54, 1.807) is 24.3 Å². The monoisotopic (exact) mass is 352 g/mol. The lowest BCUT2D eigenvalue weighted by Gasteiger charge is -2.15. The van der Waals surface area contributed by atoms with Gasteiger partial charge in [-0.25, -0.2) is 9.29 Å². The van der Waals surface area contributed by atoms with Crippen LogP contribution in [0.15, 0.2) is 53.7 Å². The lowest BCUT2D eigenvalue weighted by atomic mass is 9.94. The Labute approximate surface area is 147 Å². The molecule has 2 aromatic rings. The number of amides is 2. The number of halogens is 1. The zero-order chi connectivity index (χ0) is 18.4. The molecule has 2 aliphatic heterocycles. The maximum Gasteiger partial charge on any atom is 0.278 e. The lowest BCUT2D eigenvalue weighted by Crippen LogP contribution is -2.33. The van der Waals surface area contributed by atoms with Crippen LogP contribution in [0, 0.1) is 11.7 Å². The molecule has 2 aliphatic rings. The van der Waals surface area contributed by atoms with E-state index in [-0.39, 0.29) is 5.78 Å². The van der Waals surface area contributed by atoms with E-state index in [0.717, 1.165) is 4.90 Å². The van der Waals surface area contributed by atoms with Crippen LogP contribution in [-0.2, 0) is 14.4 Å². The average molecular weight is 352 g/mol. The van der Waals surface area contributed by atoms with Crippen molar-refractivity contribution in [2.24, 2.45) is 11.1 Å². The molecule has 2 aromatic carbocycles. The molecule has 2 atom stereocenters. The van der Waals surface area contributed by atoms with Crippen LogP contribution in [0.3, 0.4) is 0 Å². The minimum absolute atomic E-state index is 0.110. The van der Waals surface area contributed by atoms with Gasteiger partial charge in [0.1, 0.15) is 17.4 Å². The number of hydrogen-bond donors (Lipinski definition) is 0. The third-order valence-electron chi connectivity index (χ3n) is 4.48. The predicted octanol–water partition coefficient (Wildman–Crippen LogP) is 2.32. The number of benzene rings is 2. The van der Waals surface area contributed by atoms with Crippen LogP contribution < -0.4 is 4.90 Å². The van der Waals surface area contributed by atoms with Gasteiger partial charge in [-0.1, -0.05) is 17.3 Å². The van der Waals surface area contributed by atoms with Crippen LogP contribution in [0.25, 0.3) is 0 Å². The molecule has 2 amide bonds. The molecule has 0 spiro atoms. The Hall–Kier alpha value is -3.35. The fourth-order valence-corrected chi connectivity index (χ4v) is 3.14. The maximum absolute atomic E-state index is 13.1. The summed E-state index contributed by atoms with van der Waals surface area (Å²) in [5.74, 6) is -2.37. The summed E-state index contributed by atoms with van der Waals surface area (Å²) in [6.45, 7) is 1.44. The topological polar surface area (TPSA) is 76.0 Å². The average Bonchev–Trinajstić information content (AvgIpc) is 3.17. The van der Waals surface area contributed by atoms with E-state index in [2.05, 4.69) is 5.16 Å². The molecule has 1 saturated heterocycles. The Bertz CT molecular complexity index is 951. The number of hydrogen-bond acceptors (Lipinski definition) is 5. The number of rotatable bonds is 3. The van der Waals surface area contributed by atoms with Crippen LogP contribution in [-0.4, -0.2) is 29.4 Å². The van der Waals surface area contributed by atoms with Gasteiger partial charge in [-0.2, -0.15) is 0 Å². The molecule has 0 saturated carbocycles. The number of nitrogens with zero attached hydrogens (tertiary/aromatic N) is 2. The highest BCUT2D eigenvalue weighted by atomic mass is 19.1. The third-order valence-corrected chi connectivity index (χ3v) is 4.48. The summed E-state index contributed by atoms with van der Waals surface area (Å²) in [6, 6.07) is 11.7. The van der Waals surface area contributed by atoms with Crippen LogP contribution >= 0.6 is 0 Å². The fourth-order valence-electron chi connectivity index (χ4n) is 3.14. The quantitative estimate of drug-likeness (QED) is 0.627. The Morgan fingerprint density at radius 1 is 1.04 bits per heavy atom. The normalized spacial score (nSPS) is 21.5. The Morgan fingerprint density at radius 3 is 2.31 bits per heavy atom. The van der Waals surface area contributed by atoms with E-state index in [1.165, 1.54) is 31.2 Å². The van der Waals surface area contributed by atoms with E-state index in [9.17, 15) is 18.8 Å². The van der Waals surface area contributed by atoms with Gasteiger partial charge in [0.2, 0.25) is 12.0 Å². The fraction of sp³-hybridized carbons (Fsp3) is 0.158. The molecule has 7 heteroatoms. The van der Waals surface area contributed by atoms with Gasteiger partial charge in [-0.15, -0.1) is 0 Å². The predicted molar refractivity (Wildman–Crippen MR) is 90.2 cm³/mol. The first kappa shape index (κ1) is 16.1. The number of imide groups is 1. The second kappa shape index (κ2) is 5.87. The van der Waals surface area contributed by atoms with Crippen molar-refractivity contribution in [3.63, 3.8) is 0 Å². The number of fused-ring (bicyclic) bond motifs is 1. The second-order valence-corrected chi connectivity index (χ2v) is 6.10. The zero-order valence-corrected chi connectivity index (χ0v) is 13.7. The zero-order valence-electron chi connectivity index (χ0n) is 13.7. The molecule has 2 heterocycles. The number of ketones is 1. The van der Waals surface area contributed by atoms with E-state index < -0.39 is 29.7 Å². The maximum atomic E-state index is 13.1. The molecule has 0 N–H and O–H groups in total. The van der Waals surface area contributed by atoms with Crippen LogP contribution in [0.1, 0.15) is 22.8 Å². The number of oxime groups is 1. The molecule has 0 aliphatic carbocycles. The standard InChI is InChI=1S/C19H13FN2O4/c1-10(23)11-4-8-14(9-5-11)22-18(24)15-16(21-26-17(15)19(22)25)12-2-6-13(20)7-3-12/h2-9,15,17H,1H3. The largest absolute Gasteiger partial charge is 0.381 e. The molecule has 2 unspecified atom stereocenters. The third kappa shape index (κ3) is 2.40. The van der Waals surface area contributed by atoms with Gasteiger partial charge in [0, 0.05) is 11.1 Å². The summed E-state index contributed by atoms with van der Waals surface area (Å²) in [5.41, 5.74) is 1.67. The van der Waals surface area contributed by atoms with Gasteiger partial charge < -0.3 is 4.84 Å². The molecule has 0 aromatic heterocycles. The molecular formula is C19H13FN2O4. The molecule has 130 valence electrons. The number of carbonyl (C=O) groups excluding carboxylic acids is 3. The van der Waals surface area contributed by atoms with Gasteiger partial charge in [-0.3, -0.25) is 14.4 Å². The van der Waals surface area contributed by atoms with E-state index in [4.69, 9.17) is 4.84 Å². The first-order chi connectivity index (χ1) is 12.5. The van der Waals surface area contributed by atoms with Crippen LogP contribution in [0.5, 0.6) is 0 Å². The van der Waals surface area contributed by atoms with Crippen LogP contribution in [0.4, 0.5) is 10.1 Å².